The fourth-order valence-electron chi connectivity index (χ4n) is 2.05. The van der Waals surface area contributed by atoms with E-state index >= 15 is 0 Å². The number of carbonyl (C=O) groups excluding carboxylic acids is 1. The zero-order valence-corrected chi connectivity index (χ0v) is 12.7. The van der Waals surface area contributed by atoms with Crippen LogP contribution >= 0.6 is 11.8 Å². The van der Waals surface area contributed by atoms with Gasteiger partial charge in [0.1, 0.15) is 6.04 Å². The molecule has 2 heterocycles. The smallest absolute Gasteiger partial charge is 0.251 e. The summed E-state index contributed by atoms with van der Waals surface area (Å²) in [7, 11) is 0. The standard InChI is InChI=1S/C15H16N4OS/c1-9-10(2)18-19-13(9)17-14(20)12-8-21-15(16-12)11-6-4-3-5-7-11/h3-7,12H,8H2,1-2H3,(H2,17,18,19,20). The molecule has 0 spiro atoms. The minimum atomic E-state index is -0.360. The van der Waals surface area contributed by atoms with Crippen LogP contribution in [0.15, 0.2) is 35.3 Å². The first-order valence-electron chi connectivity index (χ1n) is 6.73. The first-order chi connectivity index (χ1) is 10.1. The average molecular weight is 300 g/mol. The Morgan fingerprint density at radius 1 is 1.33 bits per heavy atom. The van der Waals surface area contributed by atoms with Gasteiger partial charge in [-0.25, -0.2) is 0 Å². The molecule has 2 aromatic rings. The lowest BCUT2D eigenvalue weighted by molar-refractivity contribution is -0.116. The molecule has 1 aliphatic heterocycles. The lowest BCUT2D eigenvalue weighted by atomic mass is 10.2. The summed E-state index contributed by atoms with van der Waals surface area (Å²) in [5, 5.41) is 10.7. The van der Waals surface area contributed by atoms with Crippen LogP contribution in [0, 0.1) is 13.8 Å². The van der Waals surface area contributed by atoms with Crippen molar-refractivity contribution in [3.8, 4) is 0 Å². The second-order valence-corrected chi connectivity index (χ2v) is 5.95. The molecule has 3 rings (SSSR count). The predicted molar refractivity (Wildman–Crippen MR) is 85.9 cm³/mol. The maximum atomic E-state index is 12.3. The third-order valence-corrected chi connectivity index (χ3v) is 4.57. The molecule has 0 radical (unpaired) electrons. The molecule has 0 fully saturated rings. The Kier molecular flexibility index (Phi) is 3.79. The summed E-state index contributed by atoms with van der Waals surface area (Å²) >= 11 is 1.61. The number of aromatic amines is 1. The number of rotatable bonds is 3. The number of anilines is 1. The number of hydrogen-bond acceptors (Lipinski definition) is 4. The monoisotopic (exact) mass is 300 g/mol. The molecule has 1 aromatic heterocycles. The maximum absolute atomic E-state index is 12.3. The second-order valence-electron chi connectivity index (χ2n) is 4.94. The molecule has 2 N–H and O–H groups in total. The molecule has 5 nitrogen and oxygen atoms in total. The van der Waals surface area contributed by atoms with Crippen molar-refractivity contribution in [3.63, 3.8) is 0 Å². The van der Waals surface area contributed by atoms with Crippen LogP contribution in [-0.4, -0.2) is 32.9 Å². The van der Waals surface area contributed by atoms with Crippen LogP contribution in [0.4, 0.5) is 5.82 Å². The lowest BCUT2D eigenvalue weighted by Crippen LogP contribution is -2.27. The highest BCUT2D eigenvalue weighted by Gasteiger charge is 2.26. The van der Waals surface area contributed by atoms with Gasteiger partial charge in [0.05, 0.1) is 5.04 Å². The normalized spacial score (nSPS) is 17.6. The molecular weight excluding hydrogens is 284 g/mol. The number of nitrogens with zero attached hydrogens (tertiary/aromatic N) is 2. The molecule has 1 aromatic carbocycles. The summed E-state index contributed by atoms with van der Waals surface area (Å²) < 4.78 is 0. The van der Waals surface area contributed by atoms with Crippen LogP contribution in [0.1, 0.15) is 16.8 Å². The van der Waals surface area contributed by atoms with Gasteiger partial charge in [0, 0.05) is 22.6 Å². The Labute approximate surface area is 127 Å². The Morgan fingerprint density at radius 2 is 2.10 bits per heavy atom. The summed E-state index contributed by atoms with van der Waals surface area (Å²) in [6.07, 6.45) is 0. The number of nitrogens with one attached hydrogen (secondary N) is 2. The van der Waals surface area contributed by atoms with E-state index in [0.717, 1.165) is 21.9 Å². The van der Waals surface area contributed by atoms with Crippen LogP contribution in [-0.2, 0) is 4.79 Å². The predicted octanol–water partition coefficient (Wildman–Crippen LogP) is 2.53. The van der Waals surface area contributed by atoms with Crippen molar-refractivity contribution in [1.82, 2.24) is 10.2 Å². The van der Waals surface area contributed by atoms with Crippen molar-refractivity contribution < 1.29 is 4.79 Å². The Morgan fingerprint density at radius 3 is 2.76 bits per heavy atom. The van der Waals surface area contributed by atoms with E-state index in [-0.39, 0.29) is 11.9 Å². The zero-order valence-electron chi connectivity index (χ0n) is 11.9. The van der Waals surface area contributed by atoms with Gasteiger partial charge in [-0.1, -0.05) is 30.3 Å². The summed E-state index contributed by atoms with van der Waals surface area (Å²) in [5.74, 6) is 1.15. The zero-order chi connectivity index (χ0) is 14.8. The van der Waals surface area contributed by atoms with Crippen LogP contribution in [0.5, 0.6) is 0 Å². The Balaban J connectivity index is 1.72. The number of amides is 1. The molecule has 0 bridgehead atoms. The van der Waals surface area contributed by atoms with Crippen molar-refractivity contribution in [2.45, 2.75) is 19.9 Å². The average Bonchev–Trinajstić information content (AvgIpc) is 3.11. The molecule has 21 heavy (non-hydrogen) atoms. The lowest BCUT2D eigenvalue weighted by Gasteiger charge is -2.06. The van der Waals surface area contributed by atoms with Gasteiger partial charge >= 0.3 is 0 Å². The third kappa shape index (κ3) is 2.85. The fraction of sp³-hybridized carbons (Fsp3) is 0.267. The highest BCUT2D eigenvalue weighted by Crippen LogP contribution is 2.24. The Bertz CT molecular complexity index is 693. The van der Waals surface area contributed by atoms with Gasteiger partial charge in [0.2, 0.25) is 0 Å². The molecule has 1 atom stereocenters. The molecule has 6 heteroatoms. The number of carbonyl (C=O) groups is 1. The number of aryl methyl sites for hydroxylation is 1. The van der Waals surface area contributed by atoms with E-state index in [1.54, 1.807) is 11.8 Å². The van der Waals surface area contributed by atoms with E-state index in [2.05, 4.69) is 20.5 Å². The second kappa shape index (κ2) is 5.73. The fourth-order valence-corrected chi connectivity index (χ4v) is 3.10. The highest BCUT2D eigenvalue weighted by atomic mass is 32.2. The summed E-state index contributed by atoms with van der Waals surface area (Å²) in [5.41, 5.74) is 2.98. The number of thioether (sulfide) groups is 1. The topological polar surface area (TPSA) is 70.1 Å². The number of aliphatic imine (C=N–C) groups is 1. The van der Waals surface area contributed by atoms with Gasteiger partial charge in [-0.2, -0.15) is 5.10 Å². The Hall–Kier alpha value is -2.08. The van der Waals surface area contributed by atoms with Crippen LogP contribution in [0.25, 0.3) is 0 Å². The van der Waals surface area contributed by atoms with Gasteiger partial charge in [0.25, 0.3) is 5.91 Å². The van der Waals surface area contributed by atoms with Crippen LogP contribution in [0.2, 0.25) is 0 Å². The van der Waals surface area contributed by atoms with E-state index in [1.165, 1.54) is 0 Å². The number of benzene rings is 1. The first-order valence-corrected chi connectivity index (χ1v) is 7.72. The maximum Gasteiger partial charge on any atom is 0.251 e. The van der Waals surface area contributed by atoms with Gasteiger partial charge < -0.3 is 5.32 Å². The summed E-state index contributed by atoms with van der Waals surface area (Å²) in [6.45, 7) is 3.85. The minimum absolute atomic E-state index is 0.108. The van der Waals surface area contributed by atoms with E-state index in [0.29, 0.717) is 11.6 Å². The first kappa shape index (κ1) is 13.9. The largest absolute Gasteiger partial charge is 0.307 e. The van der Waals surface area contributed by atoms with Gasteiger partial charge in [-0.3, -0.25) is 14.9 Å². The van der Waals surface area contributed by atoms with Crippen molar-refractivity contribution in [2.24, 2.45) is 4.99 Å². The van der Waals surface area contributed by atoms with E-state index in [4.69, 9.17) is 0 Å². The van der Waals surface area contributed by atoms with E-state index < -0.39 is 0 Å². The summed E-state index contributed by atoms with van der Waals surface area (Å²) in [6, 6.07) is 9.57. The SMILES string of the molecule is Cc1[nH]nc(NC(=O)C2CSC(c3ccccc3)=N2)c1C. The third-order valence-electron chi connectivity index (χ3n) is 3.47. The molecule has 0 aliphatic carbocycles. The molecule has 1 unspecified atom stereocenters. The van der Waals surface area contributed by atoms with Gasteiger partial charge in [-0.15, -0.1) is 11.8 Å². The van der Waals surface area contributed by atoms with Crippen molar-refractivity contribution in [2.75, 3.05) is 11.1 Å². The molecule has 0 saturated carbocycles. The van der Waals surface area contributed by atoms with Gasteiger partial charge in [0.15, 0.2) is 5.82 Å². The summed E-state index contributed by atoms with van der Waals surface area (Å²) in [4.78, 5) is 16.8. The molecule has 1 aliphatic rings. The minimum Gasteiger partial charge on any atom is -0.307 e. The quantitative estimate of drug-likeness (QED) is 0.915. The van der Waals surface area contributed by atoms with Crippen molar-refractivity contribution >= 4 is 28.5 Å². The molecule has 108 valence electrons. The molecule has 0 saturated heterocycles. The van der Waals surface area contributed by atoms with Gasteiger partial charge in [-0.05, 0) is 13.8 Å². The number of hydrogen-bond donors (Lipinski definition) is 2. The van der Waals surface area contributed by atoms with E-state index in [9.17, 15) is 4.79 Å². The number of aromatic nitrogens is 2. The molecular formula is C15H16N4OS. The number of H-pyrrole nitrogens is 1. The van der Waals surface area contributed by atoms with Crippen LogP contribution < -0.4 is 5.32 Å². The van der Waals surface area contributed by atoms with E-state index in [1.807, 2.05) is 44.2 Å². The molecule has 1 amide bonds. The van der Waals surface area contributed by atoms with Crippen molar-refractivity contribution in [3.05, 3.63) is 47.2 Å². The van der Waals surface area contributed by atoms with Crippen LogP contribution in [0.3, 0.4) is 0 Å². The van der Waals surface area contributed by atoms with Crippen molar-refractivity contribution in [1.29, 1.82) is 0 Å². The highest BCUT2D eigenvalue weighted by molar-refractivity contribution is 8.14.